The molecule has 1 fully saturated rings. The van der Waals surface area contributed by atoms with Gasteiger partial charge in [0.15, 0.2) is 0 Å². The monoisotopic (exact) mass is 200 g/mol. The van der Waals surface area contributed by atoms with Crippen LogP contribution in [0.15, 0.2) is 18.2 Å². The second-order valence-corrected chi connectivity index (χ2v) is 5.17. The fourth-order valence-electron chi connectivity index (χ4n) is 3.07. The maximum absolute atomic E-state index is 3.57. The van der Waals surface area contributed by atoms with Crippen molar-refractivity contribution in [2.24, 2.45) is 0 Å². The lowest BCUT2D eigenvalue weighted by Gasteiger charge is -2.23. The van der Waals surface area contributed by atoms with E-state index in [0.717, 1.165) is 6.54 Å². The summed E-state index contributed by atoms with van der Waals surface area (Å²) in [5.41, 5.74) is 4.66. The summed E-state index contributed by atoms with van der Waals surface area (Å²) >= 11 is 0. The first kappa shape index (κ1) is 9.28. The molecule has 15 heavy (non-hydrogen) atoms. The molecule has 0 aliphatic carbocycles. The Labute approximate surface area is 92.1 Å². The van der Waals surface area contributed by atoms with Crippen LogP contribution in [0.5, 0.6) is 0 Å². The van der Waals surface area contributed by atoms with Crippen LogP contribution in [0.3, 0.4) is 0 Å². The largest absolute Gasteiger partial charge is 0.384 e. The minimum atomic E-state index is 0.401. The maximum atomic E-state index is 3.57. The highest BCUT2D eigenvalue weighted by molar-refractivity contribution is 6.32. The van der Waals surface area contributed by atoms with Gasteiger partial charge in [0.05, 0.1) is 0 Å². The van der Waals surface area contributed by atoms with Gasteiger partial charge in [-0.25, -0.2) is 0 Å². The lowest BCUT2D eigenvalue weighted by atomic mass is 9.80. The molecule has 0 radical (unpaired) electrons. The van der Waals surface area contributed by atoms with E-state index in [4.69, 9.17) is 0 Å². The van der Waals surface area contributed by atoms with E-state index in [2.05, 4.69) is 43.3 Å². The smallest absolute Gasteiger partial charge is 0.139 e. The number of nitrogens with zero attached hydrogens (tertiary/aromatic N) is 1. The molecule has 0 saturated carbocycles. The van der Waals surface area contributed by atoms with Crippen molar-refractivity contribution in [2.75, 3.05) is 32.0 Å². The normalized spacial score (nSPS) is 29.4. The van der Waals surface area contributed by atoms with E-state index in [1.807, 2.05) is 0 Å². The summed E-state index contributed by atoms with van der Waals surface area (Å²) in [6.45, 7) is 3.56. The molecule has 0 unspecified atom stereocenters. The Balaban J connectivity index is 2.04. The second kappa shape index (κ2) is 3.02. The van der Waals surface area contributed by atoms with Crippen molar-refractivity contribution < 1.29 is 0 Å². The Bertz CT molecular complexity index is 405. The lowest BCUT2D eigenvalue weighted by Crippen LogP contribution is -2.31. The van der Waals surface area contributed by atoms with Gasteiger partial charge in [-0.2, -0.15) is 0 Å². The molecule has 78 valence electrons. The summed E-state index contributed by atoms with van der Waals surface area (Å²) in [6.07, 6.45) is 1.30. The minimum Gasteiger partial charge on any atom is -0.384 e. The van der Waals surface area contributed by atoms with Crippen LogP contribution in [0.1, 0.15) is 12.0 Å². The van der Waals surface area contributed by atoms with Gasteiger partial charge in [0.25, 0.3) is 0 Å². The quantitative estimate of drug-likeness (QED) is 0.590. The van der Waals surface area contributed by atoms with Gasteiger partial charge in [0.1, 0.15) is 7.85 Å². The zero-order valence-corrected chi connectivity index (χ0v) is 9.51. The van der Waals surface area contributed by atoms with E-state index in [1.54, 1.807) is 0 Å². The standard InChI is InChI=1S/C12H17BN2/c1-15-5-4-12(8-15)7-14-11-6-9(13)2-3-10(11)12/h2-3,6,14H,4-5,7-8,13H2,1H3/t12-/m1/s1. The maximum Gasteiger partial charge on any atom is 0.139 e. The molecule has 2 aliphatic heterocycles. The van der Waals surface area contributed by atoms with Crippen LogP contribution in [0, 0.1) is 0 Å². The van der Waals surface area contributed by atoms with E-state index in [-0.39, 0.29) is 0 Å². The van der Waals surface area contributed by atoms with E-state index < -0.39 is 0 Å². The van der Waals surface area contributed by atoms with Crippen LogP contribution >= 0.6 is 0 Å². The molecule has 2 nitrogen and oxygen atoms in total. The molecule has 0 bridgehead atoms. The highest BCUT2D eigenvalue weighted by atomic mass is 15.1. The first-order valence-corrected chi connectivity index (χ1v) is 5.73. The number of rotatable bonds is 0. The molecule has 1 aromatic rings. The highest BCUT2D eigenvalue weighted by Gasteiger charge is 2.42. The number of benzene rings is 1. The second-order valence-electron chi connectivity index (χ2n) is 5.17. The fourth-order valence-corrected chi connectivity index (χ4v) is 3.07. The number of hydrogen-bond donors (Lipinski definition) is 1. The van der Waals surface area contributed by atoms with Crippen LogP contribution in [0.4, 0.5) is 5.69 Å². The van der Waals surface area contributed by atoms with Crippen molar-refractivity contribution in [2.45, 2.75) is 11.8 Å². The summed E-state index contributed by atoms with van der Waals surface area (Å²) in [5, 5.41) is 3.57. The molecule has 1 atom stereocenters. The van der Waals surface area contributed by atoms with Gasteiger partial charge in [-0.3, -0.25) is 0 Å². The van der Waals surface area contributed by atoms with Gasteiger partial charge in [-0.15, -0.1) is 0 Å². The fraction of sp³-hybridized carbons (Fsp3) is 0.500. The van der Waals surface area contributed by atoms with Gasteiger partial charge in [-0.1, -0.05) is 17.6 Å². The number of likely N-dealkylation sites (N-methyl/N-ethyl adjacent to an activating group) is 1. The van der Waals surface area contributed by atoms with Gasteiger partial charge in [-0.05, 0) is 31.6 Å². The Hall–Kier alpha value is -0.955. The summed E-state index contributed by atoms with van der Waals surface area (Å²) in [4.78, 5) is 2.44. The van der Waals surface area contributed by atoms with Crippen molar-refractivity contribution in [3.63, 3.8) is 0 Å². The van der Waals surface area contributed by atoms with E-state index in [9.17, 15) is 0 Å². The van der Waals surface area contributed by atoms with Gasteiger partial charge in [0, 0.05) is 24.2 Å². The van der Waals surface area contributed by atoms with Crippen LogP contribution < -0.4 is 10.8 Å². The Morgan fingerprint density at radius 3 is 3.07 bits per heavy atom. The number of hydrogen-bond acceptors (Lipinski definition) is 2. The molecular weight excluding hydrogens is 183 g/mol. The van der Waals surface area contributed by atoms with Gasteiger partial charge in [0.2, 0.25) is 0 Å². The zero-order chi connectivity index (χ0) is 10.5. The molecule has 1 aromatic carbocycles. The molecule has 0 aromatic heterocycles. The molecule has 0 amide bonds. The van der Waals surface area contributed by atoms with Crippen molar-refractivity contribution >= 4 is 19.0 Å². The van der Waals surface area contributed by atoms with E-state index in [0.29, 0.717) is 5.41 Å². The summed E-state index contributed by atoms with van der Waals surface area (Å²) in [6, 6.07) is 6.85. The first-order chi connectivity index (χ1) is 7.20. The first-order valence-electron chi connectivity index (χ1n) is 5.73. The Kier molecular flexibility index (Phi) is 1.87. The Morgan fingerprint density at radius 1 is 1.47 bits per heavy atom. The molecule has 1 saturated heterocycles. The summed E-state index contributed by atoms with van der Waals surface area (Å²) < 4.78 is 0. The van der Waals surface area contributed by atoms with Crippen molar-refractivity contribution in [1.82, 2.24) is 4.90 Å². The number of fused-ring (bicyclic) bond motifs is 2. The number of nitrogens with one attached hydrogen (secondary N) is 1. The van der Waals surface area contributed by atoms with Crippen LogP contribution in [0.25, 0.3) is 0 Å². The molecule has 3 rings (SSSR count). The SMILES string of the molecule is Bc1ccc2c(c1)NC[C@@]21CCN(C)C1. The third-order valence-electron chi connectivity index (χ3n) is 3.91. The average Bonchev–Trinajstić information content (AvgIpc) is 2.73. The minimum absolute atomic E-state index is 0.401. The molecule has 2 aliphatic rings. The molecule has 3 heteroatoms. The predicted octanol–water partition coefficient (Wildman–Crippen LogP) is -0.0562. The van der Waals surface area contributed by atoms with Gasteiger partial charge < -0.3 is 10.2 Å². The number of likely N-dealkylation sites (tertiary alicyclic amines) is 1. The summed E-state index contributed by atoms with van der Waals surface area (Å²) in [7, 11) is 4.38. The molecule has 2 heterocycles. The van der Waals surface area contributed by atoms with E-state index in [1.165, 1.54) is 36.2 Å². The molecular formula is C12H17BN2. The van der Waals surface area contributed by atoms with E-state index >= 15 is 0 Å². The lowest BCUT2D eigenvalue weighted by molar-refractivity contribution is 0.381. The summed E-state index contributed by atoms with van der Waals surface area (Å²) in [5.74, 6) is 0. The van der Waals surface area contributed by atoms with Crippen LogP contribution in [0.2, 0.25) is 0 Å². The Morgan fingerprint density at radius 2 is 2.33 bits per heavy atom. The molecule has 1 spiro atoms. The van der Waals surface area contributed by atoms with Crippen molar-refractivity contribution in [1.29, 1.82) is 0 Å². The van der Waals surface area contributed by atoms with Gasteiger partial charge >= 0.3 is 0 Å². The van der Waals surface area contributed by atoms with Crippen LogP contribution in [-0.4, -0.2) is 39.4 Å². The number of anilines is 1. The van der Waals surface area contributed by atoms with Crippen LogP contribution in [-0.2, 0) is 5.41 Å². The highest BCUT2D eigenvalue weighted by Crippen LogP contribution is 2.42. The third kappa shape index (κ3) is 1.30. The average molecular weight is 200 g/mol. The molecule has 1 N–H and O–H groups in total. The predicted molar refractivity (Wildman–Crippen MR) is 66.9 cm³/mol. The van der Waals surface area contributed by atoms with Crippen molar-refractivity contribution in [3.05, 3.63) is 23.8 Å². The third-order valence-corrected chi connectivity index (χ3v) is 3.91. The topological polar surface area (TPSA) is 15.3 Å². The zero-order valence-electron chi connectivity index (χ0n) is 9.51. The van der Waals surface area contributed by atoms with Crippen molar-refractivity contribution in [3.8, 4) is 0 Å².